The first-order valence-electron chi connectivity index (χ1n) is 11.9. The van der Waals surface area contributed by atoms with Crippen LogP contribution >= 0.6 is 0 Å². The largest absolute Gasteiger partial charge is 0.497 e. The van der Waals surface area contributed by atoms with Crippen LogP contribution in [0.3, 0.4) is 0 Å². The molecule has 1 saturated heterocycles. The fourth-order valence-electron chi connectivity index (χ4n) is 5.06. The van der Waals surface area contributed by atoms with Gasteiger partial charge in [0.25, 0.3) is 0 Å². The third-order valence-electron chi connectivity index (χ3n) is 7.06. The van der Waals surface area contributed by atoms with Crippen molar-refractivity contribution in [2.75, 3.05) is 26.7 Å². The molecule has 0 amide bonds. The summed E-state index contributed by atoms with van der Waals surface area (Å²) in [5, 5.41) is 10.6. The van der Waals surface area contributed by atoms with Crippen LogP contribution in [-0.4, -0.2) is 57.3 Å². The lowest BCUT2D eigenvalue weighted by Gasteiger charge is -2.36. The molecule has 3 aromatic rings. The Hall–Kier alpha value is -3.00. The Balaban J connectivity index is 1.34. The van der Waals surface area contributed by atoms with Crippen molar-refractivity contribution < 1.29 is 19.0 Å². The predicted octanol–water partition coefficient (Wildman–Crippen LogP) is 4.42. The number of likely N-dealkylation sites (tertiary alicyclic amines) is 1. The number of carboxylic acids is 1. The molecule has 1 fully saturated rings. The maximum absolute atomic E-state index is 15.4. The number of carboxylic acid groups (broad SMARTS) is 1. The number of carbonyl (C=O) groups is 1. The molecule has 1 unspecified atom stereocenters. The number of imidazole rings is 1. The number of aliphatic carboxylic acids is 1. The number of nitrogens with zero attached hydrogens (tertiary/aromatic N) is 4. The number of aryl methyl sites for hydroxylation is 2. The van der Waals surface area contributed by atoms with Crippen molar-refractivity contribution in [2.45, 2.75) is 38.3 Å². The molecule has 0 spiro atoms. The summed E-state index contributed by atoms with van der Waals surface area (Å²) in [6.45, 7) is 2.22. The van der Waals surface area contributed by atoms with E-state index in [1.807, 2.05) is 36.0 Å². The third-order valence-corrected chi connectivity index (χ3v) is 7.06. The number of hydrogen-bond acceptors (Lipinski definition) is 5. The number of fused-ring (bicyclic) bond motifs is 1. The molecule has 0 bridgehead atoms. The van der Waals surface area contributed by atoms with Gasteiger partial charge in [0, 0.05) is 44.0 Å². The second-order valence-electron chi connectivity index (χ2n) is 9.18. The molecule has 8 heteroatoms. The van der Waals surface area contributed by atoms with Gasteiger partial charge >= 0.3 is 5.97 Å². The zero-order chi connectivity index (χ0) is 24.1. The van der Waals surface area contributed by atoms with E-state index in [0.717, 1.165) is 49.1 Å². The summed E-state index contributed by atoms with van der Waals surface area (Å²) in [7, 11) is 3.57. The predicted molar refractivity (Wildman–Crippen MR) is 129 cm³/mol. The zero-order valence-corrected chi connectivity index (χ0v) is 19.9. The van der Waals surface area contributed by atoms with Gasteiger partial charge in [-0.1, -0.05) is 0 Å². The van der Waals surface area contributed by atoms with Gasteiger partial charge in [-0.25, -0.2) is 9.37 Å². The van der Waals surface area contributed by atoms with Crippen molar-refractivity contribution in [3.63, 3.8) is 0 Å². The van der Waals surface area contributed by atoms with Crippen molar-refractivity contribution in [1.29, 1.82) is 0 Å². The van der Waals surface area contributed by atoms with Gasteiger partial charge in [0.05, 0.1) is 18.5 Å². The number of methoxy groups -OCH3 is 1. The van der Waals surface area contributed by atoms with Crippen LogP contribution in [0.4, 0.5) is 4.39 Å². The molecule has 4 rings (SSSR count). The van der Waals surface area contributed by atoms with E-state index in [0.29, 0.717) is 30.7 Å². The standard InChI is InChI=1S/C26H33FN4O3/c1-30-15-12-29-25(30)4-3-13-31-14-10-18(22(17-31)26(32)33)5-7-23(27)20-9-11-28-24-8-6-19(34-2)16-21(20)24/h6,8-9,11-12,15-16,18,22-23H,3-5,7,10,13-14,17H2,1-2H3,(H,32,33)/t18-,22+,23?/m1/s1. The number of benzene rings is 1. The van der Waals surface area contributed by atoms with Gasteiger partial charge in [0.2, 0.25) is 0 Å². The molecule has 0 radical (unpaired) electrons. The molecule has 0 aliphatic carbocycles. The van der Waals surface area contributed by atoms with E-state index in [4.69, 9.17) is 4.74 Å². The Morgan fingerprint density at radius 2 is 2.15 bits per heavy atom. The minimum Gasteiger partial charge on any atom is -0.497 e. The van der Waals surface area contributed by atoms with Gasteiger partial charge in [-0.3, -0.25) is 9.78 Å². The highest BCUT2D eigenvalue weighted by molar-refractivity contribution is 5.83. The molecule has 0 saturated carbocycles. The molecule has 2 aromatic heterocycles. The summed E-state index contributed by atoms with van der Waals surface area (Å²) in [6, 6.07) is 7.17. The molecule has 3 atom stereocenters. The third kappa shape index (κ3) is 5.55. The molecule has 182 valence electrons. The van der Waals surface area contributed by atoms with Crippen molar-refractivity contribution in [1.82, 2.24) is 19.4 Å². The number of pyridine rings is 1. The van der Waals surface area contributed by atoms with Crippen LogP contribution < -0.4 is 4.74 Å². The lowest BCUT2D eigenvalue weighted by Crippen LogP contribution is -2.44. The molecule has 1 aromatic carbocycles. The molecule has 34 heavy (non-hydrogen) atoms. The quantitative estimate of drug-likeness (QED) is 0.474. The average molecular weight is 469 g/mol. The topological polar surface area (TPSA) is 80.5 Å². The summed E-state index contributed by atoms with van der Waals surface area (Å²) >= 11 is 0. The first-order valence-corrected chi connectivity index (χ1v) is 11.9. The molecule has 1 aliphatic heterocycles. The number of hydrogen-bond donors (Lipinski definition) is 1. The minimum atomic E-state index is -1.18. The van der Waals surface area contributed by atoms with Gasteiger partial charge < -0.3 is 19.3 Å². The molecule has 1 aliphatic rings. The molecular formula is C26H33FN4O3. The Morgan fingerprint density at radius 3 is 2.88 bits per heavy atom. The van der Waals surface area contributed by atoms with E-state index in [1.54, 1.807) is 25.6 Å². The maximum atomic E-state index is 15.4. The van der Waals surface area contributed by atoms with Crippen molar-refractivity contribution in [2.24, 2.45) is 18.9 Å². The van der Waals surface area contributed by atoms with Crippen LogP contribution in [-0.2, 0) is 18.3 Å². The highest BCUT2D eigenvalue weighted by Gasteiger charge is 2.34. The summed E-state index contributed by atoms with van der Waals surface area (Å²) in [4.78, 5) is 22.9. The summed E-state index contributed by atoms with van der Waals surface area (Å²) in [5.41, 5.74) is 1.31. The van der Waals surface area contributed by atoms with Crippen LogP contribution in [0.1, 0.15) is 43.2 Å². The molecular weight excluding hydrogens is 435 g/mol. The number of ether oxygens (including phenoxy) is 1. The molecule has 7 nitrogen and oxygen atoms in total. The van der Waals surface area contributed by atoms with Crippen molar-refractivity contribution in [3.8, 4) is 5.75 Å². The van der Waals surface area contributed by atoms with E-state index in [-0.39, 0.29) is 5.92 Å². The minimum absolute atomic E-state index is 0.0239. The van der Waals surface area contributed by atoms with Crippen LogP contribution in [0.25, 0.3) is 10.9 Å². The number of piperidine rings is 1. The molecule has 1 N–H and O–H groups in total. The van der Waals surface area contributed by atoms with Gasteiger partial charge in [-0.05, 0) is 74.5 Å². The number of rotatable bonds is 10. The summed E-state index contributed by atoms with van der Waals surface area (Å²) in [6.07, 6.45) is 7.61. The zero-order valence-electron chi connectivity index (χ0n) is 19.9. The Kier molecular flexibility index (Phi) is 7.77. The second kappa shape index (κ2) is 11.0. The Bertz CT molecular complexity index is 1120. The smallest absolute Gasteiger partial charge is 0.308 e. The molecule has 3 heterocycles. The fraction of sp³-hybridized carbons (Fsp3) is 0.500. The second-order valence-corrected chi connectivity index (χ2v) is 9.18. The summed E-state index contributed by atoms with van der Waals surface area (Å²) in [5.74, 6) is 0.427. The Labute approximate surface area is 199 Å². The van der Waals surface area contributed by atoms with Gasteiger partial charge in [0.15, 0.2) is 0 Å². The van der Waals surface area contributed by atoms with E-state index in [2.05, 4.69) is 14.9 Å². The van der Waals surface area contributed by atoms with Gasteiger partial charge in [-0.15, -0.1) is 0 Å². The van der Waals surface area contributed by atoms with Crippen LogP contribution in [0.15, 0.2) is 42.9 Å². The maximum Gasteiger partial charge on any atom is 0.308 e. The van der Waals surface area contributed by atoms with E-state index in [1.165, 1.54) is 0 Å². The van der Waals surface area contributed by atoms with E-state index in [9.17, 15) is 9.90 Å². The first kappa shape index (κ1) is 24.1. The average Bonchev–Trinajstić information content (AvgIpc) is 3.26. The Morgan fingerprint density at radius 1 is 1.29 bits per heavy atom. The van der Waals surface area contributed by atoms with Crippen LogP contribution in [0, 0.1) is 11.8 Å². The van der Waals surface area contributed by atoms with Crippen molar-refractivity contribution >= 4 is 16.9 Å². The van der Waals surface area contributed by atoms with Crippen molar-refractivity contribution in [3.05, 3.63) is 54.2 Å². The normalized spacial score (nSPS) is 19.9. The number of aromatic nitrogens is 3. The monoisotopic (exact) mass is 468 g/mol. The van der Waals surface area contributed by atoms with Crippen LogP contribution in [0.5, 0.6) is 5.75 Å². The van der Waals surface area contributed by atoms with Crippen LogP contribution in [0.2, 0.25) is 0 Å². The summed E-state index contributed by atoms with van der Waals surface area (Å²) < 4.78 is 22.7. The first-order chi connectivity index (χ1) is 16.5. The van der Waals surface area contributed by atoms with Gasteiger partial charge in [-0.2, -0.15) is 0 Å². The van der Waals surface area contributed by atoms with Gasteiger partial charge in [0.1, 0.15) is 17.7 Å². The highest BCUT2D eigenvalue weighted by Crippen LogP contribution is 2.35. The lowest BCUT2D eigenvalue weighted by atomic mass is 9.81. The van der Waals surface area contributed by atoms with E-state index < -0.39 is 18.1 Å². The van der Waals surface area contributed by atoms with E-state index >= 15 is 4.39 Å². The highest BCUT2D eigenvalue weighted by atomic mass is 19.1. The lowest BCUT2D eigenvalue weighted by molar-refractivity contribution is -0.146. The SMILES string of the molecule is COc1ccc2nccc(C(F)CC[C@@H]3CCN(CCCc4nccn4C)C[C@@H]3C(=O)O)c2c1. The number of alkyl halides is 1. The fourth-order valence-corrected chi connectivity index (χ4v) is 5.06. The number of halogens is 1.